The fourth-order valence-corrected chi connectivity index (χ4v) is 1.74. The Morgan fingerprint density at radius 1 is 1.44 bits per heavy atom. The third-order valence-corrected chi connectivity index (χ3v) is 2.69. The number of nitrogens with zero attached hydrogens (tertiary/aromatic N) is 3. The first-order chi connectivity index (χ1) is 8.76. The Morgan fingerprint density at radius 2 is 2.22 bits per heavy atom. The van der Waals surface area contributed by atoms with Crippen LogP contribution in [0.15, 0.2) is 36.8 Å². The molecule has 0 bridgehead atoms. The molecule has 1 aromatic heterocycles. The number of nitrogens with one attached hydrogen (secondary N) is 1. The Kier molecular flexibility index (Phi) is 3.49. The molecule has 2 rings (SSSR count). The number of para-hydroxylation sites is 2. The molecule has 0 saturated carbocycles. The van der Waals surface area contributed by atoms with Crippen molar-refractivity contribution in [2.45, 2.75) is 6.04 Å². The molecule has 5 heteroatoms. The molecule has 1 heterocycles. The molecular weight excluding hydrogens is 228 g/mol. The highest BCUT2D eigenvalue weighted by Gasteiger charge is 2.15. The zero-order valence-corrected chi connectivity index (χ0v) is 10.3. The Morgan fingerprint density at radius 3 is 2.83 bits per heavy atom. The summed E-state index contributed by atoms with van der Waals surface area (Å²) in [5, 5.41) is 12.4. The van der Waals surface area contributed by atoms with E-state index in [0.717, 1.165) is 11.4 Å². The van der Waals surface area contributed by atoms with Crippen molar-refractivity contribution in [2.24, 2.45) is 7.05 Å². The smallest absolute Gasteiger partial charge is 0.156 e. The van der Waals surface area contributed by atoms with Gasteiger partial charge in [-0.1, -0.05) is 12.1 Å². The Bertz CT molecular complexity index is 570. The van der Waals surface area contributed by atoms with Gasteiger partial charge in [0, 0.05) is 7.05 Å². The first-order valence-corrected chi connectivity index (χ1v) is 5.51. The second-order valence-electron chi connectivity index (χ2n) is 3.84. The number of ether oxygens (including phenoxy) is 1. The molecule has 0 fully saturated rings. The highest BCUT2D eigenvalue weighted by molar-refractivity contribution is 5.58. The number of aryl methyl sites for hydroxylation is 1. The summed E-state index contributed by atoms with van der Waals surface area (Å²) >= 11 is 0. The SMILES string of the molecule is COc1ccccc1NC(C#N)c1cncn1C. The molecule has 92 valence electrons. The van der Waals surface area contributed by atoms with E-state index in [0.29, 0.717) is 5.75 Å². The number of benzene rings is 1. The van der Waals surface area contributed by atoms with Crippen molar-refractivity contribution in [3.63, 3.8) is 0 Å². The molecule has 0 aliphatic carbocycles. The monoisotopic (exact) mass is 242 g/mol. The van der Waals surface area contributed by atoms with Crippen LogP contribution >= 0.6 is 0 Å². The second kappa shape index (κ2) is 5.23. The van der Waals surface area contributed by atoms with Gasteiger partial charge in [-0.15, -0.1) is 0 Å². The minimum absolute atomic E-state index is 0.464. The van der Waals surface area contributed by atoms with Crippen molar-refractivity contribution in [1.29, 1.82) is 5.26 Å². The molecule has 1 atom stereocenters. The predicted molar refractivity (Wildman–Crippen MR) is 68.2 cm³/mol. The lowest BCUT2D eigenvalue weighted by Gasteiger charge is -2.15. The van der Waals surface area contributed by atoms with Crippen molar-refractivity contribution in [3.05, 3.63) is 42.5 Å². The van der Waals surface area contributed by atoms with E-state index in [1.807, 2.05) is 35.9 Å². The van der Waals surface area contributed by atoms with Gasteiger partial charge in [-0.05, 0) is 12.1 Å². The van der Waals surface area contributed by atoms with E-state index in [2.05, 4.69) is 16.4 Å². The largest absolute Gasteiger partial charge is 0.495 e. The summed E-state index contributed by atoms with van der Waals surface area (Å²) in [6.45, 7) is 0. The highest BCUT2D eigenvalue weighted by atomic mass is 16.5. The minimum Gasteiger partial charge on any atom is -0.495 e. The lowest BCUT2D eigenvalue weighted by Crippen LogP contribution is -2.12. The van der Waals surface area contributed by atoms with Gasteiger partial charge in [-0.2, -0.15) is 5.26 Å². The molecule has 1 unspecified atom stereocenters. The zero-order chi connectivity index (χ0) is 13.0. The maximum Gasteiger partial charge on any atom is 0.156 e. The predicted octanol–water partition coefficient (Wildman–Crippen LogP) is 2.11. The van der Waals surface area contributed by atoms with Gasteiger partial charge in [0.05, 0.1) is 37.1 Å². The standard InChI is InChI=1S/C13H14N4O/c1-17-9-15-8-12(17)11(7-14)16-10-5-3-4-6-13(10)18-2/h3-6,8-9,11,16H,1-2H3. The minimum atomic E-state index is -0.464. The third-order valence-electron chi connectivity index (χ3n) is 2.69. The van der Waals surface area contributed by atoms with Gasteiger partial charge in [0.2, 0.25) is 0 Å². The van der Waals surface area contributed by atoms with E-state index in [9.17, 15) is 5.26 Å². The van der Waals surface area contributed by atoms with Crippen LogP contribution in [-0.4, -0.2) is 16.7 Å². The average molecular weight is 242 g/mol. The number of rotatable bonds is 4. The molecular formula is C13H14N4O. The van der Waals surface area contributed by atoms with E-state index in [1.54, 1.807) is 19.6 Å². The number of anilines is 1. The fourth-order valence-electron chi connectivity index (χ4n) is 1.74. The van der Waals surface area contributed by atoms with Crippen LogP contribution in [0.4, 0.5) is 5.69 Å². The molecule has 0 aliphatic heterocycles. The van der Waals surface area contributed by atoms with Gasteiger partial charge >= 0.3 is 0 Å². The summed E-state index contributed by atoms with van der Waals surface area (Å²) in [7, 11) is 3.46. The Hall–Kier alpha value is -2.48. The van der Waals surface area contributed by atoms with Crippen molar-refractivity contribution < 1.29 is 4.74 Å². The molecule has 0 spiro atoms. The summed E-state index contributed by atoms with van der Waals surface area (Å²) in [4.78, 5) is 4.02. The summed E-state index contributed by atoms with van der Waals surface area (Å²) < 4.78 is 7.06. The lowest BCUT2D eigenvalue weighted by atomic mass is 10.2. The Labute approximate surface area is 106 Å². The molecule has 0 aliphatic rings. The van der Waals surface area contributed by atoms with Crippen LogP contribution in [0.5, 0.6) is 5.75 Å². The molecule has 1 aromatic carbocycles. The molecule has 0 saturated heterocycles. The number of nitriles is 1. The van der Waals surface area contributed by atoms with E-state index in [4.69, 9.17) is 4.74 Å². The first kappa shape index (κ1) is 12.0. The van der Waals surface area contributed by atoms with Gasteiger partial charge in [-0.25, -0.2) is 4.98 Å². The molecule has 18 heavy (non-hydrogen) atoms. The van der Waals surface area contributed by atoms with E-state index in [1.165, 1.54) is 0 Å². The maximum absolute atomic E-state index is 9.25. The van der Waals surface area contributed by atoms with Crippen molar-refractivity contribution in [2.75, 3.05) is 12.4 Å². The molecule has 1 N–H and O–H groups in total. The van der Waals surface area contributed by atoms with Crippen molar-refractivity contribution >= 4 is 5.69 Å². The summed E-state index contributed by atoms with van der Waals surface area (Å²) in [5.74, 6) is 0.708. The van der Waals surface area contributed by atoms with Gasteiger partial charge in [0.1, 0.15) is 5.75 Å². The second-order valence-corrected chi connectivity index (χ2v) is 3.84. The van der Waals surface area contributed by atoms with E-state index in [-0.39, 0.29) is 0 Å². The van der Waals surface area contributed by atoms with E-state index >= 15 is 0 Å². The zero-order valence-electron chi connectivity index (χ0n) is 10.3. The van der Waals surface area contributed by atoms with Crippen LogP contribution in [0.2, 0.25) is 0 Å². The van der Waals surface area contributed by atoms with Crippen molar-refractivity contribution in [1.82, 2.24) is 9.55 Å². The van der Waals surface area contributed by atoms with Crippen molar-refractivity contribution in [3.8, 4) is 11.8 Å². The first-order valence-electron chi connectivity index (χ1n) is 5.51. The maximum atomic E-state index is 9.25. The van der Waals surface area contributed by atoms with Crippen LogP contribution in [0, 0.1) is 11.3 Å². The summed E-state index contributed by atoms with van der Waals surface area (Å²) in [5.41, 5.74) is 1.59. The molecule has 5 nitrogen and oxygen atoms in total. The van der Waals surface area contributed by atoms with Crippen LogP contribution in [0.1, 0.15) is 11.7 Å². The number of aromatic nitrogens is 2. The lowest BCUT2D eigenvalue weighted by molar-refractivity contribution is 0.416. The topological polar surface area (TPSA) is 62.9 Å². The van der Waals surface area contributed by atoms with Gasteiger partial charge in [-0.3, -0.25) is 0 Å². The summed E-state index contributed by atoms with van der Waals surface area (Å²) in [6, 6.07) is 9.25. The average Bonchev–Trinajstić information content (AvgIpc) is 2.82. The van der Waals surface area contributed by atoms with Gasteiger partial charge < -0.3 is 14.6 Å². The normalized spacial score (nSPS) is 11.6. The number of hydrogen-bond donors (Lipinski definition) is 1. The van der Waals surface area contributed by atoms with Crippen LogP contribution in [0.25, 0.3) is 0 Å². The Balaban J connectivity index is 2.27. The molecule has 2 aromatic rings. The quantitative estimate of drug-likeness (QED) is 0.891. The third kappa shape index (κ3) is 2.28. The summed E-state index contributed by atoms with van der Waals surface area (Å²) in [6.07, 6.45) is 3.35. The van der Waals surface area contributed by atoms with Gasteiger partial charge in [0.25, 0.3) is 0 Å². The van der Waals surface area contributed by atoms with Gasteiger partial charge in [0.15, 0.2) is 6.04 Å². The molecule has 0 amide bonds. The van der Waals surface area contributed by atoms with Crippen LogP contribution in [-0.2, 0) is 7.05 Å². The van der Waals surface area contributed by atoms with Crippen LogP contribution < -0.4 is 10.1 Å². The van der Waals surface area contributed by atoms with Crippen LogP contribution in [0.3, 0.4) is 0 Å². The number of methoxy groups -OCH3 is 1. The number of hydrogen-bond acceptors (Lipinski definition) is 4. The fraction of sp³-hybridized carbons (Fsp3) is 0.231. The van der Waals surface area contributed by atoms with E-state index < -0.39 is 6.04 Å². The highest BCUT2D eigenvalue weighted by Crippen LogP contribution is 2.27. The number of imidazole rings is 1. The molecule has 0 radical (unpaired) electrons.